The second-order valence-electron chi connectivity index (χ2n) is 4.87. The first-order valence-corrected chi connectivity index (χ1v) is 5.91. The lowest BCUT2D eigenvalue weighted by molar-refractivity contribution is 0.0945. The van der Waals surface area contributed by atoms with E-state index in [0.717, 1.165) is 25.8 Å². The molecule has 0 fully saturated rings. The molecule has 0 aliphatic rings. The molecule has 6 heteroatoms. The van der Waals surface area contributed by atoms with E-state index in [1.807, 2.05) is 13.8 Å². The monoisotopic (exact) mass is 247 g/mol. The Bertz CT molecular complexity index is 232. The van der Waals surface area contributed by atoms with Crippen LogP contribution in [0.15, 0.2) is 5.16 Å². The zero-order valence-corrected chi connectivity index (χ0v) is 10.7. The average molecular weight is 247 g/mol. The highest BCUT2D eigenvalue weighted by Gasteiger charge is 2.22. The van der Waals surface area contributed by atoms with Crippen molar-refractivity contribution >= 4 is 5.84 Å². The van der Waals surface area contributed by atoms with E-state index in [0.29, 0.717) is 6.54 Å². The highest BCUT2D eigenvalue weighted by Crippen LogP contribution is 2.22. The molecule has 0 amide bonds. The van der Waals surface area contributed by atoms with E-state index in [1.165, 1.54) is 0 Å². The largest absolute Gasteiger partial charge is 0.409 e. The summed E-state index contributed by atoms with van der Waals surface area (Å²) in [7, 11) is 0. The Labute approximate surface area is 103 Å². The molecule has 6 N–H and O–H groups in total. The van der Waals surface area contributed by atoms with Gasteiger partial charge in [0.1, 0.15) is 5.84 Å². The molecule has 0 radical (unpaired) electrons. The zero-order valence-electron chi connectivity index (χ0n) is 10.7. The first-order chi connectivity index (χ1) is 7.94. The summed E-state index contributed by atoms with van der Waals surface area (Å²) in [5, 5.41) is 32.3. The number of amidine groups is 1. The highest BCUT2D eigenvalue weighted by atomic mass is 16.4. The summed E-state index contributed by atoms with van der Waals surface area (Å²) in [6, 6.07) is 0. The lowest BCUT2D eigenvalue weighted by Crippen LogP contribution is -2.32. The Morgan fingerprint density at radius 1 is 1.41 bits per heavy atom. The quantitative estimate of drug-likeness (QED) is 0.128. The summed E-state index contributed by atoms with van der Waals surface area (Å²) in [6.45, 7) is 4.84. The van der Waals surface area contributed by atoms with Gasteiger partial charge < -0.3 is 26.5 Å². The summed E-state index contributed by atoms with van der Waals surface area (Å²) >= 11 is 0. The van der Waals surface area contributed by atoms with Crippen molar-refractivity contribution in [1.82, 2.24) is 5.32 Å². The minimum atomic E-state index is -0.691. The number of oxime groups is 1. The fourth-order valence-corrected chi connectivity index (χ4v) is 1.41. The number of aliphatic hydroxyl groups excluding tert-OH is 2. The lowest BCUT2D eigenvalue weighted by atomic mass is 9.86. The van der Waals surface area contributed by atoms with Gasteiger partial charge in [-0.15, -0.1) is 0 Å². The lowest BCUT2D eigenvalue weighted by Gasteiger charge is -2.22. The smallest absolute Gasteiger partial charge is 0.144 e. The summed E-state index contributed by atoms with van der Waals surface area (Å²) < 4.78 is 0. The first-order valence-electron chi connectivity index (χ1n) is 5.91. The molecule has 0 aromatic heterocycles. The van der Waals surface area contributed by atoms with Gasteiger partial charge in [0.05, 0.1) is 12.7 Å². The average Bonchev–Trinajstić information content (AvgIpc) is 2.31. The van der Waals surface area contributed by atoms with Crippen LogP contribution in [0.1, 0.15) is 33.1 Å². The van der Waals surface area contributed by atoms with Gasteiger partial charge in [-0.3, -0.25) is 0 Å². The Morgan fingerprint density at radius 3 is 2.59 bits per heavy atom. The molecular formula is C11H25N3O3. The molecular weight excluding hydrogens is 222 g/mol. The van der Waals surface area contributed by atoms with Crippen LogP contribution in [0, 0.1) is 5.41 Å². The summed E-state index contributed by atoms with van der Waals surface area (Å²) in [5.41, 5.74) is 5.28. The van der Waals surface area contributed by atoms with Gasteiger partial charge in [-0.05, 0) is 19.4 Å². The van der Waals surface area contributed by atoms with Gasteiger partial charge in [0.2, 0.25) is 0 Å². The molecule has 0 saturated heterocycles. The van der Waals surface area contributed by atoms with Crippen molar-refractivity contribution in [2.24, 2.45) is 16.3 Å². The zero-order chi connectivity index (χ0) is 13.3. The Hall–Kier alpha value is -0.850. The second kappa shape index (κ2) is 8.27. The number of nitrogens with two attached hydrogens (primary N) is 1. The molecule has 0 bridgehead atoms. The van der Waals surface area contributed by atoms with E-state index in [2.05, 4.69) is 10.5 Å². The number of nitrogens with zero attached hydrogens (tertiary/aromatic N) is 1. The van der Waals surface area contributed by atoms with Crippen LogP contribution in [0.2, 0.25) is 0 Å². The van der Waals surface area contributed by atoms with E-state index >= 15 is 0 Å². The van der Waals surface area contributed by atoms with Crippen LogP contribution in [0.5, 0.6) is 0 Å². The van der Waals surface area contributed by atoms with Crippen LogP contribution in [-0.4, -0.2) is 47.1 Å². The van der Waals surface area contributed by atoms with Crippen molar-refractivity contribution in [3.8, 4) is 0 Å². The van der Waals surface area contributed by atoms with Crippen LogP contribution in [0.4, 0.5) is 0 Å². The van der Waals surface area contributed by atoms with Gasteiger partial charge in [0.25, 0.3) is 0 Å². The first kappa shape index (κ1) is 16.1. The number of hydrogen-bond donors (Lipinski definition) is 5. The van der Waals surface area contributed by atoms with E-state index in [9.17, 15) is 0 Å². The minimum Gasteiger partial charge on any atom is -0.409 e. The predicted molar refractivity (Wildman–Crippen MR) is 67.0 cm³/mol. The Balaban J connectivity index is 3.58. The fourth-order valence-electron chi connectivity index (χ4n) is 1.41. The third-order valence-corrected chi connectivity index (χ3v) is 2.80. The van der Waals surface area contributed by atoms with Crippen molar-refractivity contribution in [2.45, 2.75) is 39.2 Å². The van der Waals surface area contributed by atoms with Crippen LogP contribution in [0.25, 0.3) is 0 Å². The fraction of sp³-hybridized carbons (Fsp3) is 0.909. The predicted octanol–water partition coefficient (Wildman–Crippen LogP) is -0.128. The molecule has 102 valence electrons. The topological polar surface area (TPSA) is 111 Å². The number of nitrogens with one attached hydrogen (secondary N) is 1. The maximum Gasteiger partial charge on any atom is 0.144 e. The summed E-state index contributed by atoms with van der Waals surface area (Å²) in [5.74, 6) is 0.251. The van der Waals surface area contributed by atoms with E-state index in [1.54, 1.807) is 0 Å². The van der Waals surface area contributed by atoms with Crippen molar-refractivity contribution < 1.29 is 15.4 Å². The van der Waals surface area contributed by atoms with Crippen LogP contribution >= 0.6 is 0 Å². The summed E-state index contributed by atoms with van der Waals surface area (Å²) in [6.07, 6.45) is 2.04. The van der Waals surface area contributed by atoms with Crippen LogP contribution < -0.4 is 11.1 Å². The van der Waals surface area contributed by atoms with Gasteiger partial charge in [-0.1, -0.05) is 25.4 Å². The normalized spacial score (nSPS) is 14.9. The summed E-state index contributed by atoms with van der Waals surface area (Å²) in [4.78, 5) is 0. The minimum absolute atomic E-state index is 0.219. The molecule has 0 aromatic carbocycles. The Kier molecular flexibility index (Phi) is 7.86. The number of unbranched alkanes of at least 4 members (excludes halogenated alkanes) is 1. The molecule has 17 heavy (non-hydrogen) atoms. The number of hydrogen-bond acceptors (Lipinski definition) is 5. The van der Waals surface area contributed by atoms with Crippen molar-refractivity contribution in [1.29, 1.82) is 0 Å². The SMILES string of the molecule is CC(C)(CCCCNCC(O)CO)C(N)=NO. The van der Waals surface area contributed by atoms with Gasteiger partial charge >= 0.3 is 0 Å². The van der Waals surface area contributed by atoms with Crippen molar-refractivity contribution in [2.75, 3.05) is 19.7 Å². The maximum atomic E-state index is 9.08. The molecule has 1 atom stereocenters. The van der Waals surface area contributed by atoms with Gasteiger partial charge in [0.15, 0.2) is 0 Å². The van der Waals surface area contributed by atoms with Crippen LogP contribution in [-0.2, 0) is 0 Å². The molecule has 0 rings (SSSR count). The molecule has 0 aliphatic carbocycles. The van der Waals surface area contributed by atoms with Gasteiger partial charge in [-0.2, -0.15) is 0 Å². The van der Waals surface area contributed by atoms with Gasteiger partial charge in [0, 0.05) is 12.0 Å². The molecule has 0 spiro atoms. The van der Waals surface area contributed by atoms with E-state index in [4.69, 9.17) is 21.2 Å². The molecule has 0 saturated carbocycles. The van der Waals surface area contributed by atoms with Gasteiger partial charge in [-0.25, -0.2) is 0 Å². The number of rotatable bonds is 9. The maximum absolute atomic E-state index is 9.08. The number of aliphatic hydroxyl groups is 2. The molecule has 6 nitrogen and oxygen atoms in total. The molecule has 1 unspecified atom stereocenters. The highest BCUT2D eigenvalue weighted by molar-refractivity contribution is 5.85. The van der Waals surface area contributed by atoms with Crippen molar-refractivity contribution in [3.63, 3.8) is 0 Å². The standard InChI is InChI=1S/C11H25N3O3/c1-11(2,10(12)14-17)5-3-4-6-13-7-9(16)8-15/h9,13,15-17H,3-8H2,1-2H3,(H2,12,14). The third kappa shape index (κ3) is 7.14. The van der Waals surface area contributed by atoms with Crippen LogP contribution in [0.3, 0.4) is 0 Å². The Morgan fingerprint density at radius 2 is 2.06 bits per heavy atom. The third-order valence-electron chi connectivity index (χ3n) is 2.80. The molecule has 0 aromatic rings. The van der Waals surface area contributed by atoms with E-state index < -0.39 is 6.10 Å². The molecule has 0 aliphatic heterocycles. The second-order valence-corrected chi connectivity index (χ2v) is 4.87. The van der Waals surface area contributed by atoms with E-state index in [-0.39, 0.29) is 17.9 Å². The molecule has 0 heterocycles. The van der Waals surface area contributed by atoms with Crippen molar-refractivity contribution in [3.05, 3.63) is 0 Å².